The van der Waals surface area contributed by atoms with E-state index in [1.54, 1.807) is 0 Å². The lowest BCUT2D eigenvalue weighted by Crippen LogP contribution is -2.02. The van der Waals surface area contributed by atoms with Crippen LogP contribution in [0, 0.1) is 0 Å². The highest BCUT2D eigenvalue weighted by Gasteiger charge is 2.26. The van der Waals surface area contributed by atoms with Crippen LogP contribution in [0.2, 0.25) is 0 Å². The normalized spacial score (nSPS) is 14.0. The fraction of sp³-hybridized carbons (Fsp3) is 0.360. The molecule has 0 bridgehead atoms. The molecule has 0 saturated carbocycles. The molecule has 0 aliphatic carbocycles. The molecule has 1 heterocycles. The Kier molecular flexibility index (Phi) is 6.39. The molecule has 2 aromatic carbocycles. The van der Waals surface area contributed by atoms with E-state index < -0.39 is 0 Å². The van der Waals surface area contributed by atoms with E-state index in [0.717, 1.165) is 40.9 Å². The highest BCUT2D eigenvalue weighted by atomic mass is 15.2. The van der Waals surface area contributed by atoms with Gasteiger partial charge in [-0.1, -0.05) is 51.0 Å². The Bertz CT molecular complexity index is 852. The Morgan fingerprint density at radius 3 is 1.70 bits per heavy atom. The molecule has 27 heavy (non-hydrogen) atoms. The summed E-state index contributed by atoms with van der Waals surface area (Å²) in [5.41, 5.74) is 18.5. The highest BCUT2D eigenvalue weighted by Crippen LogP contribution is 2.35. The molecule has 2 heteroatoms. The minimum atomic E-state index is 0.847. The average molecular weight is 359 g/mol. The van der Waals surface area contributed by atoms with Crippen LogP contribution in [0.1, 0.15) is 68.7 Å². The zero-order chi connectivity index (χ0) is 19.2. The molecule has 0 N–H and O–H groups in total. The average Bonchev–Trinajstić information content (AvgIpc) is 3.00. The van der Waals surface area contributed by atoms with Gasteiger partial charge in [0.2, 0.25) is 11.4 Å². The predicted molar refractivity (Wildman–Crippen MR) is 114 cm³/mol. The molecule has 1 aliphatic heterocycles. The van der Waals surface area contributed by atoms with Gasteiger partial charge in [-0.25, -0.2) is 4.70 Å². The number of benzene rings is 2. The SMILES string of the molecule is CCCCc1ccc(C2=CC(C)=C(c3ccc(CCCC)cc3)[N+]2=[N-])cc1. The van der Waals surface area contributed by atoms with Crippen molar-refractivity contribution in [2.75, 3.05) is 0 Å². The number of nitrogens with zero attached hydrogens (tertiary/aromatic N) is 2. The standard InChI is InChI=1S/C25H30N2/c1-4-6-8-20-10-14-22(15-11-20)24-18-19(3)25(27(24)26)23-16-12-21(13-17-23)9-7-5-2/h10-18H,4-9H2,1-3H3. The van der Waals surface area contributed by atoms with Crippen LogP contribution >= 0.6 is 0 Å². The third-order valence-electron chi connectivity index (χ3n) is 5.28. The van der Waals surface area contributed by atoms with Crippen LogP contribution in [-0.4, -0.2) is 4.70 Å². The second-order valence-corrected chi connectivity index (χ2v) is 7.47. The van der Waals surface area contributed by atoms with Gasteiger partial charge in [-0.15, -0.1) is 0 Å². The molecule has 0 radical (unpaired) electrons. The van der Waals surface area contributed by atoms with E-state index >= 15 is 0 Å². The van der Waals surface area contributed by atoms with E-state index in [-0.39, 0.29) is 0 Å². The van der Waals surface area contributed by atoms with E-state index in [1.165, 1.54) is 41.5 Å². The van der Waals surface area contributed by atoms with Crippen molar-refractivity contribution in [3.63, 3.8) is 0 Å². The van der Waals surface area contributed by atoms with Crippen molar-refractivity contribution >= 4 is 11.4 Å². The van der Waals surface area contributed by atoms with Crippen molar-refractivity contribution in [1.29, 1.82) is 0 Å². The van der Waals surface area contributed by atoms with Gasteiger partial charge in [-0.3, -0.25) is 0 Å². The Morgan fingerprint density at radius 1 is 0.741 bits per heavy atom. The lowest BCUT2D eigenvalue weighted by atomic mass is 10.0. The van der Waals surface area contributed by atoms with Crippen LogP contribution in [0.5, 0.6) is 0 Å². The first kappa shape index (κ1) is 19.3. The summed E-state index contributed by atoms with van der Waals surface area (Å²) >= 11 is 0. The summed E-state index contributed by atoms with van der Waals surface area (Å²) in [5.74, 6) is 0. The molecule has 2 nitrogen and oxygen atoms in total. The molecule has 3 rings (SSSR count). The van der Waals surface area contributed by atoms with Gasteiger partial charge < -0.3 is 5.53 Å². The lowest BCUT2D eigenvalue weighted by molar-refractivity contribution is -0.344. The molecular weight excluding hydrogens is 328 g/mol. The quantitative estimate of drug-likeness (QED) is 0.446. The molecule has 2 aromatic rings. The summed E-state index contributed by atoms with van der Waals surface area (Å²) < 4.78 is 1.34. The van der Waals surface area contributed by atoms with Crippen LogP contribution < -0.4 is 0 Å². The molecular formula is C25H30N2. The Morgan fingerprint density at radius 2 is 1.22 bits per heavy atom. The summed E-state index contributed by atoms with van der Waals surface area (Å²) in [7, 11) is 0. The molecule has 140 valence electrons. The van der Waals surface area contributed by atoms with Gasteiger partial charge >= 0.3 is 0 Å². The number of unbranched alkanes of at least 4 members (excludes halogenated alkanes) is 2. The van der Waals surface area contributed by atoms with Gasteiger partial charge in [0.1, 0.15) is 0 Å². The van der Waals surface area contributed by atoms with Crippen LogP contribution in [0.4, 0.5) is 0 Å². The number of hydrogen-bond donors (Lipinski definition) is 0. The van der Waals surface area contributed by atoms with Crippen molar-refractivity contribution in [1.82, 2.24) is 0 Å². The summed E-state index contributed by atoms with van der Waals surface area (Å²) in [5, 5.41) is 0. The van der Waals surface area contributed by atoms with Crippen molar-refractivity contribution in [3.05, 3.63) is 88.0 Å². The summed E-state index contributed by atoms with van der Waals surface area (Å²) in [6.07, 6.45) is 9.15. The second-order valence-electron chi connectivity index (χ2n) is 7.47. The Hall–Kier alpha value is -2.48. The van der Waals surface area contributed by atoms with Crippen LogP contribution in [0.15, 0.2) is 60.2 Å². The number of hydrogen-bond acceptors (Lipinski definition) is 0. The van der Waals surface area contributed by atoms with Gasteiger partial charge in [0.25, 0.3) is 0 Å². The maximum absolute atomic E-state index is 10.9. The van der Waals surface area contributed by atoms with Crippen LogP contribution in [0.3, 0.4) is 0 Å². The maximum Gasteiger partial charge on any atom is 0.210 e. The first-order chi connectivity index (χ1) is 13.1. The topological polar surface area (TPSA) is 25.3 Å². The monoisotopic (exact) mass is 358 g/mol. The first-order valence-electron chi connectivity index (χ1n) is 10.2. The zero-order valence-corrected chi connectivity index (χ0v) is 16.8. The van der Waals surface area contributed by atoms with E-state index in [1.807, 2.05) is 0 Å². The Labute approximate surface area is 163 Å². The van der Waals surface area contributed by atoms with Crippen molar-refractivity contribution in [3.8, 4) is 0 Å². The van der Waals surface area contributed by atoms with Gasteiger partial charge in [-0.05, 0) is 68.0 Å². The minimum Gasteiger partial charge on any atom is -0.493 e. The smallest absolute Gasteiger partial charge is 0.210 e. The van der Waals surface area contributed by atoms with E-state index in [9.17, 15) is 5.53 Å². The predicted octanol–water partition coefficient (Wildman–Crippen LogP) is 7.19. The highest BCUT2D eigenvalue weighted by molar-refractivity contribution is 5.77. The third kappa shape index (κ3) is 4.44. The van der Waals surface area contributed by atoms with Crippen molar-refractivity contribution < 1.29 is 4.70 Å². The molecule has 0 amide bonds. The number of aryl methyl sites for hydroxylation is 2. The Balaban J connectivity index is 1.76. The van der Waals surface area contributed by atoms with Crippen molar-refractivity contribution in [2.24, 2.45) is 0 Å². The van der Waals surface area contributed by atoms with E-state index in [0.29, 0.717) is 0 Å². The van der Waals surface area contributed by atoms with Gasteiger partial charge in [0.15, 0.2) is 0 Å². The third-order valence-corrected chi connectivity index (χ3v) is 5.28. The number of allylic oxidation sites excluding steroid dienone is 2. The minimum absolute atomic E-state index is 0.847. The molecule has 0 unspecified atom stereocenters. The molecule has 0 saturated heterocycles. The summed E-state index contributed by atoms with van der Waals surface area (Å²) in [6, 6.07) is 17.2. The molecule has 0 atom stereocenters. The molecule has 0 fully saturated rings. The van der Waals surface area contributed by atoms with E-state index in [4.69, 9.17) is 0 Å². The van der Waals surface area contributed by atoms with Gasteiger partial charge in [0, 0.05) is 22.8 Å². The van der Waals surface area contributed by atoms with Crippen LogP contribution in [-0.2, 0) is 12.8 Å². The van der Waals surface area contributed by atoms with Crippen molar-refractivity contribution in [2.45, 2.75) is 59.3 Å². The fourth-order valence-corrected chi connectivity index (χ4v) is 3.61. The largest absolute Gasteiger partial charge is 0.493 e. The molecule has 0 aromatic heterocycles. The van der Waals surface area contributed by atoms with E-state index in [2.05, 4.69) is 75.4 Å². The fourth-order valence-electron chi connectivity index (χ4n) is 3.61. The zero-order valence-electron chi connectivity index (χ0n) is 16.8. The molecule has 0 spiro atoms. The van der Waals surface area contributed by atoms with Gasteiger partial charge in [-0.2, -0.15) is 0 Å². The van der Waals surface area contributed by atoms with Gasteiger partial charge in [0.05, 0.1) is 0 Å². The lowest BCUT2D eigenvalue weighted by Gasteiger charge is -2.10. The van der Waals surface area contributed by atoms with Crippen LogP contribution in [0.25, 0.3) is 16.9 Å². The number of rotatable bonds is 8. The second kappa shape index (κ2) is 8.94. The first-order valence-corrected chi connectivity index (χ1v) is 10.2. The molecule has 1 aliphatic rings. The summed E-state index contributed by atoms with van der Waals surface area (Å²) in [4.78, 5) is 0. The summed E-state index contributed by atoms with van der Waals surface area (Å²) in [6.45, 7) is 6.49. The maximum atomic E-state index is 10.9.